The number of nitrogens with zero attached hydrogens (tertiary/aromatic N) is 1. The average molecular weight is 377 g/mol. The van der Waals surface area contributed by atoms with E-state index in [4.69, 9.17) is 0 Å². The SMILES string of the molecule is CC(=O)c1ccccc1NC(=O)CN1C(=O)N[C@@]2(CCc3ccccc32)C1=O. The molecule has 1 atom stereocenters. The number of urea groups is 1. The summed E-state index contributed by atoms with van der Waals surface area (Å²) in [6.07, 6.45) is 1.16. The highest BCUT2D eigenvalue weighted by molar-refractivity contribution is 6.11. The molecule has 4 rings (SSSR count). The van der Waals surface area contributed by atoms with Crippen molar-refractivity contribution >= 4 is 29.3 Å². The predicted octanol–water partition coefficient (Wildman–Crippen LogP) is 2.22. The Morgan fingerprint density at radius 2 is 1.82 bits per heavy atom. The van der Waals surface area contributed by atoms with E-state index < -0.39 is 29.9 Å². The maximum atomic E-state index is 13.1. The van der Waals surface area contributed by atoms with E-state index in [1.165, 1.54) is 6.92 Å². The molecule has 0 unspecified atom stereocenters. The fourth-order valence-corrected chi connectivity index (χ4v) is 3.97. The van der Waals surface area contributed by atoms with E-state index in [1.54, 1.807) is 24.3 Å². The molecule has 0 radical (unpaired) electrons. The summed E-state index contributed by atoms with van der Waals surface area (Å²) in [7, 11) is 0. The minimum Gasteiger partial charge on any atom is -0.324 e. The van der Waals surface area contributed by atoms with E-state index in [0.717, 1.165) is 16.0 Å². The Kier molecular flexibility index (Phi) is 4.22. The number of benzene rings is 2. The van der Waals surface area contributed by atoms with Crippen LogP contribution in [0, 0.1) is 0 Å². The predicted molar refractivity (Wildman–Crippen MR) is 102 cm³/mol. The Morgan fingerprint density at radius 3 is 2.61 bits per heavy atom. The Bertz CT molecular complexity index is 1020. The van der Waals surface area contributed by atoms with Crippen LogP contribution >= 0.6 is 0 Å². The van der Waals surface area contributed by atoms with Crippen molar-refractivity contribution in [2.24, 2.45) is 0 Å². The molecule has 0 saturated carbocycles. The highest BCUT2D eigenvalue weighted by Gasteiger charge is 2.55. The van der Waals surface area contributed by atoms with Crippen molar-refractivity contribution in [1.29, 1.82) is 0 Å². The van der Waals surface area contributed by atoms with Gasteiger partial charge in [0, 0.05) is 5.56 Å². The van der Waals surface area contributed by atoms with Crippen LogP contribution in [-0.4, -0.2) is 35.1 Å². The number of hydrogen-bond donors (Lipinski definition) is 2. The lowest BCUT2D eigenvalue weighted by atomic mass is 9.92. The van der Waals surface area contributed by atoms with Crippen molar-refractivity contribution in [2.75, 3.05) is 11.9 Å². The van der Waals surface area contributed by atoms with E-state index in [1.807, 2.05) is 24.3 Å². The largest absolute Gasteiger partial charge is 0.325 e. The number of rotatable bonds is 4. The zero-order valence-corrected chi connectivity index (χ0v) is 15.3. The number of imide groups is 1. The standard InChI is InChI=1S/C21H19N3O4/c1-13(25)15-7-3-5-9-17(15)22-18(26)12-24-19(27)21(23-20(24)28)11-10-14-6-2-4-8-16(14)21/h2-9H,10-12H2,1H3,(H,22,26)(H,23,28)/t21-/m1/s1. The molecule has 1 fully saturated rings. The molecule has 2 aliphatic rings. The van der Waals surface area contributed by atoms with Gasteiger partial charge in [-0.3, -0.25) is 19.3 Å². The summed E-state index contributed by atoms with van der Waals surface area (Å²) in [6, 6.07) is 13.5. The third-order valence-electron chi connectivity index (χ3n) is 5.30. The monoisotopic (exact) mass is 377 g/mol. The number of hydrogen-bond acceptors (Lipinski definition) is 4. The van der Waals surface area contributed by atoms with Crippen molar-refractivity contribution in [2.45, 2.75) is 25.3 Å². The molecule has 1 saturated heterocycles. The third kappa shape index (κ3) is 2.76. The van der Waals surface area contributed by atoms with Crippen LogP contribution in [0.25, 0.3) is 0 Å². The van der Waals surface area contributed by atoms with Gasteiger partial charge in [-0.15, -0.1) is 0 Å². The third-order valence-corrected chi connectivity index (χ3v) is 5.30. The summed E-state index contributed by atoms with van der Waals surface area (Å²) < 4.78 is 0. The second kappa shape index (κ2) is 6.60. The second-order valence-electron chi connectivity index (χ2n) is 7.03. The van der Waals surface area contributed by atoms with Crippen LogP contribution in [0.15, 0.2) is 48.5 Å². The van der Waals surface area contributed by atoms with Crippen LogP contribution in [0.1, 0.15) is 34.8 Å². The van der Waals surface area contributed by atoms with E-state index in [9.17, 15) is 19.2 Å². The number of Topliss-reactive ketones (excluding diaryl/α,β-unsaturated/α-hetero) is 1. The zero-order chi connectivity index (χ0) is 19.9. The highest BCUT2D eigenvalue weighted by Crippen LogP contribution is 2.41. The molecule has 28 heavy (non-hydrogen) atoms. The maximum absolute atomic E-state index is 13.1. The molecule has 4 amide bonds. The van der Waals surface area contributed by atoms with Gasteiger partial charge >= 0.3 is 6.03 Å². The number of anilines is 1. The smallest absolute Gasteiger partial charge is 0.324 e. The van der Waals surface area contributed by atoms with Gasteiger partial charge in [-0.05, 0) is 43.0 Å². The Morgan fingerprint density at radius 1 is 1.11 bits per heavy atom. The molecule has 1 heterocycles. The average Bonchev–Trinajstić information content (AvgIpc) is 3.16. The van der Waals surface area contributed by atoms with Crippen LogP contribution in [0.5, 0.6) is 0 Å². The normalized spacial score (nSPS) is 20.2. The van der Waals surface area contributed by atoms with E-state index in [2.05, 4.69) is 10.6 Å². The fraction of sp³-hybridized carbons (Fsp3) is 0.238. The molecule has 7 nitrogen and oxygen atoms in total. The molecule has 2 aromatic carbocycles. The molecule has 2 aromatic rings. The molecule has 142 valence electrons. The van der Waals surface area contributed by atoms with Gasteiger partial charge in [-0.2, -0.15) is 0 Å². The number of ketones is 1. The van der Waals surface area contributed by atoms with Gasteiger partial charge in [0.2, 0.25) is 5.91 Å². The first-order valence-electron chi connectivity index (χ1n) is 9.05. The lowest BCUT2D eigenvalue weighted by Crippen LogP contribution is -2.43. The van der Waals surface area contributed by atoms with Crippen LogP contribution in [0.4, 0.5) is 10.5 Å². The Balaban J connectivity index is 1.54. The van der Waals surface area contributed by atoms with Gasteiger partial charge in [-0.1, -0.05) is 36.4 Å². The first-order valence-corrected chi connectivity index (χ1v) is 9.05. The molecule has 0 bridgehead atoms. The first-order chi connectivity index (χ1) is 13.4. The molecule has 0 aromatic heterocycles. The number of fused-ring (bicyclic) bond motifs is 2. The number of aryl methyl sites for hydroxylation is 1. The zero-order valence-electron chi connectivity index (χ0n) is 15.3. The van der Waals surface area contributed by atoms with Gasteiger partial charge in [-0.25, -0.2) is 4.79 Å². The molecule has 1 aliphatic heterocycles. The van der Waals surface area contributed by atoms with Crippen molar-refractivity contribution in [3.63, 3.8) is 0 Å². The number of para-hydroxylation sites is 1. The Hall–Kier alpha value is -3.48. The lowest BCUT2D eigenvalue weighted by molar-refractivity contribution is -0.134. The second-order valence-corrected chi connectivity index (χ2v) is 7.03. The molecule has 7 heteroatoms. The summed E-state index contributed by atoms with van der Waals surface area (Å²) in [4.78, 5) is 50.7. The van der Waals surface area contributed by atoms with Crippen molar-refractivity contribution in [1.82, 2.24) is 10.2 Å². The van der Waals surface area contributed by atoms with E-state index >= 15 is 0 Å². The summed E-state index contributed by atoms with van der Waals surface area (Å²) >= 11 is 0. The summed E-state index contributed by atoms with van der Waals surface area (Å²) in [5.41, 5.74) is 1.45. The fourth-order valence-electron chi connectivity index (χ4n) is 3.97. The van der Waals surface area contributed by atoms with Crippen molar-refractivity contribution in [3.05, 3.63) is 65.2 Å². The number of carbonyl (C=O) groups is 4. The van der Waals surface area contributed by atoms with Crippen molar-refractivity contribution < 1.29 is 19.2 Å². The maximum Gasteiger partial charge on any atom is 0.325 e. The number of nitrogens with one attached hydrogen (secondary N) is 2. The van der Waals surface area contributed by atoms with Crippen LogP contribution < -0.4 is 10.6 Å². The van der Waals surface area contributed by atoms with E-state index in [-0.39, 0.29) is 5.78 Å². The molecule has 2 N–H and O–H groups in total. The van der Waals surface area contributed by atoms with Gasteiger partial charge < -0.3 is 10.6 Å². The number of amides is 4. The summed E-state index contributed by atoms with van der Waals surface area (Å²) in [5, 5.41) is 5.41. The Labute approximate surface area is 161 Å². The van der Waals surface area contributed by atoms with Crippen molar-refractivity contribution in [3.8, 4) is 0 Å². The highest BCUT2D eigenvalue weighted by atomic mass is 16.2. The minimum atomic E-state index is -1.09. The van der Waals surface area contributed by atoms with Gasteiger partial charge in [0.15, 0.2) is 5.78 Å². The van der Waals surface area contributed by atoms with Crippen LogP contribution in [-0.2, 0) is 21.5 Å². The lowest BCUT2D eigenvalue weighted by Gasteiger charge is -2.22. The topological polar surface area (TPSA) is 95.6 Å². The molecule has 1 spiro atoms. The van der Waals surface area contributed by atoms with Crippen LogP contribution in [0.2, 0.25) is 0 Å². The van der Waals surface area contributed by atoms with Crippen LogP contribution in [0.3, 0.4) is 0 Å². The van der Waals surface area contributed by atoms with E-state index in [0.29, 0.717) is 24.1 Å². The minimum absolute atomic E-state index is 0.188. The molecular formula is C21H19N3O4. The first kappa shape index (κ1) is 17.9. The number of carbonyl (C=O) groups excluding carboxylic acids is 4. The summed E-state index contributed by atoms with van der Waals surface area (Å²) in [5.74, 6) is -1.15. The summed E-state index contributed by atoms with van der Waals surface area (Å²) in [6.45, 7) is 0.991. The van der Waals surface area contributed by atoms with Gasteiger partial charge in [0.05, 0.1) is 5.69 Å². The van der Waals surface area contributed by atoms with Gasteiger partial charge in [0.25, 0.3) is 5.91 Å². The molecular weight excluding hydrogens is 358 g/mol. The van der Waals surface area contributed by atoms with Gasteiger partial charge in [0.1, 0.15) is 12.1 Å². The quantitative estimate of drug-likeness (QED) is 0.631. The molecule has 1 aliphatic carbocycles.